The number of amides is 4. The monoisotopic (exact) mass is 572 g/mol. The van der Waals surface area contributed by atoms with Gasteiger partial charge in [0.05, 0.1) is 12.7 Å². The number of rotatable bonds is 8. The van der Waals surface area contributed by atoms with Gasteiger partial charge in [-0.3, -0.25) is 19.3 Å². The van der Waals surface area contributed by atoms with Gasteiger partial charge in [-0.15, -0.1) is 0 Å². The van der Waals surface area contributed by atoms with Crippen LogP contribution in [-0.4, -0.2) is 88.4 Å². The molecule has 2 aromatic rings. The average molecular weight is 573 g/mol. The van der Waals surface area contributed by atoms with Crippen LogP contribution < -0.4 is 14.7 Å². The summed E-state index contributed by atoms with van der Waals surface area (Å²) in [5.41, 5.74) is 0.474. The number of carboxylic acid groups (broad SMARTS) is 1. The molecule has 210 valence electrons. The van der Waals surface area contributed by atoms with Gasteiger partial charge in [0.1, 0.15) is 16.9 Å². The van der Waals surface area contributed by atoms with Gasteiger partial charge < -0.3 is 29.7 Å². The first kappa shape index (κ1) is 28.8. The van der Waals surface area contributed by atoms with E-state index in [1.165, 1.54) is 36.3 Å². The number of carboxylic acids is 1. The molecule has 1 aromatic carbocycles. The number of nitrogens with zero attached hydrogens (tertiary/aromatic N) is 3. The van der Waals surface area contributed by atoms with E-state index >= 15 is 0 Å². The van der Waals surface area contributed by atoms with Gasteiger partial charge in [0.25, 0.3) is 0 Å². The summed E-state index contributed by atoms with van der Waals surface area (Å²) in [4.78, 5) is 69.3. The molecule has 40 heavy (non-hydrogen) atoms. The minimum atomic E-state index is -1.51. The van der Waals surface area contributed by atoms with Gasteiger partial charge in [0.2, 0.25) is 5.88 Å². The fourth-order valence-corrected chi connectivity index (χ4v) is 4.92. The Kier molecular flexibility index (Phi) is 8.59. The number of hydrogen-bond acceptors (Lipinski definition) is 9. The summed E-state index contributed by atoms with van der Waals surface area (Å²) in [6.07, 6.45) is -0.202. The van der Waals surface area contributed by atoms with Crippen molar-refractivity contribution in [3.05, 3.63) is 52.2 Å². The Balaban J connectivity index is 1.59. The lowest BCUT2D eigenvalue weighted by atomic mass is 9.64. The standard InChI is InChI=1S/C25H26BClN4O9/c1-3-30-9-10-31(23(34)22(30)33)25(37)29-19(15-7-8-18(39-2)28-21(15)27)17(32)12-14-11-13-5-4-6-16(24(35)36)20(13)40-26(14)38/h4-8,14,19,38H,3,9-12H2,1-2H3,(H,29,37)(H,35,36)/t14-,19?/m1/s1. The number of pyridine rings is 1. The average Bonchev–Trinajstić information content (AvgIpc) is 2.93. The molecule has 1 aromatic heterocycles. The van der Waals surface area contributed by atoms with Crippen molar-refractivity contribution in [3.63, 3.8) is 0 Å². The Morgan fingerprint density at radius 1 is 1.23 bits per heavy atom. The normalized spacial score (nSPS) is 17.6. The number of imide groups is 1. The van der Waals surface area contributed by atoms with E-state index in [1.807, 2.05) is 0 Å². The fourth-order valence-electron chi connectivity index (χ4n) is 4.66. The summed E-state index contributed by atoms with van der Waals surface area (Å²) in [5, 5.41) is 22.4. The molecule has 1 fully saturated rings. The Labute approximate surface area is 234 Å². The topological polar surface area (TPSA) is 176 Å². The Morgan fingerprint density at radius 3 is 2.62 bits per heavy atom. The zero-order valence-electron chi connectivity index (χ0n) is 21.6. The maximum absolute atomic E-state index is 13.6. The number of ketones is 1. The Morgan fingerprint density at radius 2 is 1.98 bits per heavy atom. The number of hydrogen-bond donors (Lipinski definition) is 3. The molecule has 2 aliphatic heterocycles. The lowest BCUT2D eigenvalue weighted by Gasteiger charge is -2.33. The number of ether oxygens (including phenoxy) is 1. The predicted octanol–water partition coefficient (Wildman–Crippen LogP) is 1.33. The Bertz CT molecular complexity index is 1370. The van der Waals surface area contributed by atoms with Crippen molar-refractivity contribution in [2.75, 3.05) is 26.7 Å². The van der Waals surface area contributed by atoms with Crippen LogP contribution in [0.2, 0.25) is 11.0 Å². The zero-order valence-corrected chi connectivity index (χ0v) is 22.4. The van der Waals surface area contributed by atoms with E-state index in [1.54, 1.807) is 13.0 Å². The Hall–Kier alpha value is -4.17. The summed E-state index contributed by atoms with van der Waals surface area (Å²) in [7, 11) is -0.140. The van der Waals surface area contributed by atoms with Crippen molar-refractivity contribution >= 4 is 48.3 Å². The van der Waals surface area contributed by atoms with Crippen LogP contribution in [0, 0.1) is 0 Å². The molecule has 4 rings (SSSR count). The van der Waals surface area contributed by atoms with Crippen molar-refractivity contribution in [2.24, 2.45) is 0 Å². The molecule has 13 nitrogen and oxygen atoms in total. The van der Waals surface area contributed by atoms with Crippen LogP contribution in [0.4, 0.5) is 4.79 Å². The number of benzene rings is 1. The first-order chi connectivity index (χ1) is 19.0. The third-order valence-electron chi connectivity index (χ3n) is 6.81. The van der Waals surface area contributed by atoms with E-state index in [0.29, 0.717) is 12.1 Å². The van der Waals surface area contributed by atoms with Gasteiger partial charge >= 0.3 is 30.9 Å². The van der Waals surface area contributed by atoms with Crippen LogP contribution in [0.15, 0.2) is 30.3 Å². The largest absolute Gasteiger partial charge is 0.535 e. The first-order valence-electron chi connectivity index (χ1n) is 12.4. The molecule has 15 heteroatoms. The number of carbonyl (C=O) groups is 5. The first-order valence-corrected chi connectivity index (χ1v) is 12.8. The zero-order chi connectivity index (χ0) is 29.1. The van der Waals surface area contributed by atoms with Gasteiger partial charge in [0.15, 0.2) is 5.78 Å². The second kappa shape index (κ2) is 11.9. The van der Waals surface area contributed by atoms with E-state index in [0.717, 1.165) is 4.90 Å². The maximum Gasteiger partial charge on any atom is 0.526 e. The van der Waals surface area contributed by atoms with Crippen LogP contribution >= 0.6 is 11.6 Å². The molecule has 0 spiro atoms. The third kappa shape index (κ3) is 5.72. The number of halogens is 1. The molecule has 3 heterocycles. The van der Waals surface area contributed by atoms with E-state index in [2.05, 4.69) is 10.3 Å². The molecule has 0 aliphatic carbocycles. The molecule has 0 bridgehead atoms. The minimum Gasteiger partial charge on any atom is -0.535 e. The molecule has 2 atom stereocenters. The van der Waals surface area contributed by atoms with Crippen LogP contribution in [-0.2, 0) is 20.8 Å². The summed E-state index contributed by atoms with van der Waals surface area (Å²) in [5.74, 6) is -4.31. The summed E-state index contributed by atoms with van der Waals surface area (Å²) < 4.78 is 10.5. The van der Waals surface area contributed by atoms with E-state index < -0.39 is 48.6 Å². The van der Waals surface area contributed by atoms with Gasteiger partial charge in [-0.1, -0.05) is 23.7 Å². The highest BCUT2D eigenvalue weighted by Crippen LogP contribution is 2.37. The molecule has 1 unspecified atom stereocenters. The van der Waals surface area contributed by atoms with Gasteiger partial charge in [-0.05, 0) is 31.0 Å². The summed E-state index contributed by atoms with van der Waals surface area (Å²) in [6, 6.07) is 4.99. The minimum absolute atomic E-state index is 0.0212. The molecular weight excluding hydrogens is 547 g/mol. The number of piperazine rings is 1. The number of carbonyl (C=O) groups excluding carboxylic acids is 4. The molecule has 3 N–H and O–H groups in total. The summed E-state index contributed by atoms with van der Waals surface area (Å²) >= 11 is 6.33. The number of Topliss-reactive ketones (excluding diaryl/α,β-unsaturated/α-hetero) is 1. The highest BCUT2D eigenvalue weighted by molar-refractivity contribution is 6.47. The second-order valence-corrected chi connectivity index (χ2v) is 9.56. The van der Waals surface area contributed by atoms with Crippen molar-refractivity contribution in [1.29, 1.82) is 0 Å². The lowest BCUT2D eigenvalue weighted by Crippen LogP contribution is -2.58. The van der Waals surface area contributed by atoms with Crippen LogP contribution in [0.3, 0.4) is 0 Å². The van der Waals surface area contributed by atoms with Gasteiger partial charge in [0, 0.05) is 43.5 Å². The number of para-hydroxylation sites is 1. The van der Waals surface area contributed by atoms with Gasteiger partial charge in [-0.25, -0.2) is 14.6 Å². The number of nitrogens with one attached hydrogen (secondary N) is 1. The van der Waals surface area contributed by atoms with Crippen molar-refractivity contribution in [2.45, 2.75) is 31.6 Å². The molecular formula is C25H26BClN4O9. The maximum atomic E-state index is 13.6. The van der Waals surface area contributed by atoms with Gasteiger partial charge in [-0.2, -0.15) is 0 Å². The van der Waals surface area contributed by atoms with E-state index in [9.17, 15) is 34.1 Å². The fraction of sp³-hybridized carbons (Fsp3) is 0.360. The van der Waals surface area contributed by atoms with Crippen molar-refractivity contribution in [1.82, 2.24) is 20.1 Å². The third-order valence-corrected chi connectivity index (χ3v) is 7.11. The predicted molar refractivity (Wildman–Crippen MR) is 140 cm³/mol. The molecule has 4 amide bonds. The number of aromatic nitrogens is 1. The summed E-state index contributed by atoms with van der Waals surface area (Å²) in [6.45, 7) is 2.08. The van der Waals surface area contributed by atoms with Crippen LogP contribution in [0.25, 0.3) is 0 Å². The SMILES string of the molecule is CCN1CCN(C(=O)NC(C(=O)C[C@H]2Cc3cccc(C(=O)O)c3OB2O)c2ccc(OC)nc2Cl)C(=O)C1=O. The van der Waals surface area contributed by atoms with Crippen molar-refractivity contribution in [3.8, 4) is 11.6 Å². The number of likely N-dealkylation sites (N-methyl/N-ethyl adjacent to an activating group) is 1. The molecule has 1 saturated heterocycles. The number of fused-ring (bicyclic) bond motifs is 1. The van der Waals surface area contributed by atoms with E-state index in [-0.39, 0.29) is 53.8 Å². The van der Waals surface area contributed by atoms with Crippen molar-refractivity contribution < 1.29 is 43.5 Å². The second-order valence-electron chi connectivity index (χ2n) is 9.20. The lowest BCUT2D eigenvalue weighted by molar-refractivity contribution is -0.153. The highest BCUT2D eigenvalue weighted by atomic mass is 35.5. The number of urea groups is 1. The number of methoxy groups -OCH3 is 1. The quantitative estimate of drug-likeness (QED) is 0.238. The molecule has 0 saturated carbocycles. The van der Waals surface area contributed by atoms with Crippen LogP contribution in [0.5, 0.6) is 11.6 Å². The molecule has 2 aliphatic rings. The molecule has 0 radical (unpaired) electrons. The smallest absolute Gasteiger partial charge is 0.526 e. The highest BCUT2D eigenvalue weighted by Gasteiger charge is 2.41. The number of aromatic carboxylic acids is 1. The van der Waals surface area contributed by atoms with E-state index in [4.69, 9.17) is 21.0 Å². The van der Waals surface area contributed by atoms with Crippen LogP contribution in [0.1, 0.15) is 40.9 Å².